The van der Waals surface area contributed by atoms with Crippen molar-refractivity contribution in [3.05, 3.63) is 47.9 Å². The van der Waals surface area contributed by atoms with Crippen LogP contribution in [0.2, 0.25) is 0 Å². The van der Waals surface area contributed by atoms with Crippen molar-refractivity contribution in [2.75, 3.05) is 0 Å². The van der Waals surface area contributed by atoms with Crippen LogP contribution in [-0.2, 0) is 0 Å². The first-order chi connectivity index (χ1) is 8.27. The molecule has 0 fully saturated rings. The fraction of sp³-hybridized carbons (Fsp3) is 0.267. The Labute approximate surface area is 99.9 Å². The second-order valence-corrected chi connectivity index (χ2v) is 5.06. The predicted molar refractivity (Wildman–Crippen MR) is 69.5 cm³/mol. The van der Waals surface area contributed by atoms with Gasteiger partial charge in [0, 0.05) is 29.1 Å². The van der Waals surface area contributed by atoms with Gasteiger partial charge in [0.1, 0.15) is 5.65 Å². The molecule has 2 heterocycles. The monoisotopic (exact) mass is 222 g/mol. The molecule has 1 aliphatic rings. The van der Waals surface area contributed by atoms with Crippen LogP contribution in [-0.4, -0.2) is 9.38 Å². The number of imidazole rings is 1. The molecule has 0 amide bonds. The minimum Gasteiger partial charge on any atom is -0.303 e. The first-order valence-corrected chi connectivity index (χ1v) is 6.17. The molecule has 3 aromatic rings. The van der Waals surface area contributed by atoms with E-state index in [2.05, 4.69) is 54.8 Å². The number of benzene rings is 1. The van der Waals surface area contributed by atoms with Crippen LogP contribution in [0.5, 0.6) is 0 Å². The van der Waals surface area contributed by atoms with E-state index in [1.807, 2.05) is 0 Å². The Morgan fingerprint density at radius 3 is 2.76 bits per heavy atom. The molecule has 17 heavy (non-hydrogen) atoms. The maximum absolute atomic E-state index is 4.82. The molecule has 1 aromatic carbocycles. The first-order valence-electron chi connectivity index (χ1n) is 6.17. The maximum atomic E-state index is 4.82. The normalized spacial score (nSPS) is 22.7. The quantitative estimate of drug-likeness (QED) is 0.566. The highest BCUT2D eigenvalue weighted by Crippen LogP contribution is 2.46. The molecule has 0 aliphatic heterocycles. The summed E-state index contributed by atoms with van der Waals surface area (Å²) in [5.41, 5.74) is 3.80. The zero-order chi connectivity index (χ0) is 11.6. The van der Waals surface area contributed by atoms with E-state index >= 15 is 0 Å². The lowest BCUT2D eigenvalue weighted by Crippen LogP contribution is -2.20. The summed E-state index contributed by atoms with van der Waals surface area (Å²) in [4.78, 5) is 4.82. The van der Waals surface area contributed by atoms with E-state index in [-0.39, 0.29) is 0 Å². The summed E-state index contributed by atoms with van der Waals surface area (Å²) in [6.07, 6.45) is 2.16. The second kappa shape index (κ2) is 2.89. The smallest absolute Gasteiger partial charge is 0.145 e. The number of pyridine rings is 1. The lowest BCUT2D eigenvalue weighted by Gasteiger charge is -2.29. The van der Waals surface area contributed by atoms with Gasteiger partial charge in [0.25, 0.3) is 0 Å². The number of hydrogen-bond donors (Lipinski definition) is 0. The van der Waals surface area contributed by atoms with Gasteiger partial charge in [0.2, 0.25) is 0 Å². The standard InChI is InChI=1S/C15H14N2/c1-9-10(2)14-13(9)16-15-12-6-4-3-5-11(12)7-8-17(14)15/h3-10H,1-2H3. The van der Waals surface area contributed by atoms with Gasteiger partial charge >= 0.3 is 0 Å². The Morgan fingerprint density at radius 2 is 1.88 bits per heavy atom. The van der Waals surface area contributed by atoms with Crippen molar-refractivity contribution in [1.29, 1.82) is 0 Å². The number of aromatic nitrogens is 2. The number of rotatable bonds is 0. The van der Waals surface area contributed by atoms with Crippen molar-refractivity contribution < 1.29 is 0 Å². The van der Waals surface area contributed by atoms with Crippen LogP contribution in [0.3, 0.4) is 0 Å². The van der Waals surface area contributed by atoms with Crippen molar-refractivity contribution in [3.8, 4) is 0 Å². The Hall–Kier alpha value is -1.83. The van der Waals surface area contributed by atoms with Gasteiger partial charge in [-0.1, -0.05) is 38.1 Å². The minimum absolute atomic E-state index is 0.601. The molecule has 0 radical (unpaired) electrons. The molecule has 84 valence electrons. The summed E-state index contributed by atoms with van der Waals surface area (Å²) >= 11 is 0. The molecule has 0 saturated heterocycles. The van der Waals surface area contributed by atoms with E-state index in [1.54, 1.807) is 0 Å². The van der Waals surface area contributed by atoms with Gasteiger partial charge in [0.05, 0.1) is 5.69 Å². The van der Waals surface area contributed by atoms with Crippen LogP contribution < -0.4 is 0 Å². The molecule has 2 nitrogen and oxygen atoms in total. The molecule has 2 heteroatoms. The van der Waals surface area contributed by atoms with Crippen molar-refractivity contribution in [2.24, 2.45) is 0 Å². The van der Waals surface area contributed by atoms with E-state index < -0.39 is 0 Å². The van der Waals surface area contributed by atoms with Crippen LogP contribution in [0.15, 0.2) is 36.5 Å². The molecule has 2 atom stereocenters. The van der Waals surface area contributed by atoms with Gasteiger partial charge in [-0.2, -0.15) is 0 Å². The molecular formula is C15H14N2. The van der Waals surface area contributed by atoms with Crippen molar-refractivity contribution in [3.63, 3.8) is 0 Å². The molecule has 0 saturated carbocycles. The van der Waals surface area contributed by atoms with Crippen molar-refractivity contribution in [1.82, 2.24) is 9.38 Å². The Morgan fingerprint density at radius 1 is 1.06 bits per heavy atom. The van der Waals surface area contributed by atoms with E-state index in [0.29, 0.717) is 11.8 Å². The highest BCUT2D eigenvalue weighted by molar-refractivity contribution is 5.94. The lowest BCUT2D eigenvalue weighted by molar-refractivity contribution is 0.511. The van der Waals surface area contributed by atoms with E-state index in [1.165, 1.54) is 22.2 Å². The zero-order valence-electron chi connectivity index (χ0n) is 10.0. The van der Waals surface area contributed by atoms with Gasteiger partial charge < -0.3 is 4.40 Å². The van der Waals surface area contributed by atoms with Crippen LogP contribution >= 0.6 is 0 Å². The van der Waals surface area contributed by atoms with Gasteiger partial charge in [-0.3, -0.25) is 0 Å². The first kappa shape index (κ1) is 9.23. The maximum Gasteiger partial charge on any atom is 0.145 e. The van der Waals surface area contributed by atoms with Gasteiger partial charge in [-0.15, -0.1) is 0 Å². The van der Waals surface area contributed by atoms with Crippen LogP contribution in [0.1, 0.15) is 37.1 Å². The summed E-state index contributed by atoms with van der Waals surface area (Å²) < 4.78 is 2.27. The third kappa shape index (κ3) is 0.985. The molecule has 0 bridgehead atoms. The Kier molecular flexibility index (Phi) is 1.57. The molecule has 0 spiro atoms. The second-order valence-electron chi connectivity index (χ2n) is 5.06. The largest absolute Gasteiger partial charge is 0.303 e. The summed E-state index contributed by atoms with van der Waals surface area (Å²) in [6, 6.07) is 10.6. The fourth-order valence-electron chi connectivity index (χ4n) is 2.97. The van der Waals surface area contributed by atoms with E-state index in [0.717, 1.165) is 5.65 Å². The Bertz CT molecular complexity index is 739. The third-order valence-corrected chi connectivity index (χ3v) is 4.19. The summed E-state index contributed by atoms with van der Waals surface area (Å²) in [7, 11) is 0. The van der Waals surface area contributed by atoms with Gasteiger partial charge in [0.15, 0.2) is 0 Å². The van der Waals surface area contributed by atoms with E-state index in [9.17, 15) is 0 Å². The summed E-state index contributed by atoms with van der Waals surface area (Å²) in [5.74, 6) is 1.23. The molecule has 2 aromatic heterocycles. The SMILES string of the molecule is CC1c2nc3c4ccccc4ccn3c2C1C. The third-order valence-electron chi connectivity index (χ3n) is 4.19. The average Bonchev–Trinajstić information content (AvgIpc) is 2.74. The van der Waals surface area contributed by atoms with Gasteiger partial charge in [-0.05, 0) is 11.5 Å². The highest BCUT2D eigenvalue weighted by atomic mass is 15.0. The Balaban J connectivity index is 2.19. The van der Waals surface area contributed by atoms with Crippen molar-refractivity contribution >= 4 is 16.4 Å². The molecule has 0 N–H and O–H groups in total. The van der Waals surface area contributed by atoms with E-state index in [4.69, 9.17) is 4.98 Å². The summed E-state index contributed by atoms with van der Waals surface area (Å²) in [6.45, 7) is 4.55. The molecule has 2 unspecified atom stereocenters. The van der Waals surface area contributed by atoms with Gasteiger partial charge in [-0.25, -0.2) is 4.98 Å². The van der Waals surface area contributed by atoms with Crippen LogP contribution in [0.4, 0.5) is 0 Å². The fourth-order valence-corrected chi connectivity index (χ4v) is 2.97. The van der Waals surface area contributed by atoms with Crippen LogP contribution in [0, 0.1) is 0 Å². The van der Waals surface area contributed by atoms with Crippen LogP contribution in [0.25, 0.3) is 16.4 Å². The summed E-state index contributed by atoms with van der Waals surface area (Å²) in [5, 5.41) is 2.52. The number of fused-ring (bicyclic) bond motifs is 5. The number of nitrogens with zero attached hydrogens (tertiary/aromatic N) is 2. The van der Waals surface area contributed by atoms with Crippen molar-refractivity contribution in [2.45, 2.75) is 25.7 Å². The zero-order valence-corrected chi connectivity index (χ0v) is 10.0. The topological polar surface area (TPSA) is 17.3 Å². The molecule has 1 aliphatic carbocycles. The molecular weight excluding hydrogens is 208 g/mol. The average molecular weight is 222 g/mol. The highest BCUT2D eigenvalue weighted by Gasteiger charge is 2.36. The minimum atomic E-state index is 0.601. The number of hydrogen-bond acceptors (Lipinski definition) is 1. The molecule has 4 rings (SSSR count). The lowest BCUT2D eigenvalue weighted by atomic mass is 9.77. The predicted octanol–water partition coefficient (Wildman–Crippen LogP) is 3.71.